The van der Waals surface area contributed by atoms with E-state index in [2.05, 4.69) is 25.9 Å². The van der Waals surface area contributed by atoms with Gasteiger partial charge in [0.05, 0.1) is 6.20 Å². The number of carbonyl (C=O) groups is 2. The van der Waals surface area contributed by atoms with Crippen LogP contribution in [-0.4, -0.2) is 48.8 Å². The molecule has 1 aromatic carbocycles. The van der Waals surface area contributed by atoms with E-state index in [1.165, 1.54) is 10.9 Å². The van der Waals surface area contributed by atoms with E-state index in [1.807, 2.05) is 30.3 Å². The topological polar surface area (TPSA) is 116 Å². The minimum atomic E-state index is -4.49. The number of carbonyl (C=O) groups excluding carboxylic acids is 2. The molecule has 10 nitrogen and oxygen atoms in total. The van der Waals surface area contributed by atoms with Crippen LogP contribution in [0.1, 0.15) is 49.9 Å². The molecule has 3 aromatic rings. The first kappa shape index (κ1) is 27.2. The van der Waals surface area contributed by atoms with Gasteiger partial charge in [-0.2, -0.15) is 17.6 Å². The summed E-state index contributed by atoms with van der Waals surface area (Å²) in [6.45, 7) is -1.26. The summed E-state index contributed by atoms with van der Waals surface area (Å²) in [6.07, 6.45) is 1.51. The molecule has 41 heavy (non-hydrogen) atoms. The fourth-order valence-electron chi connectivity index (χ4n) is 5.58. The van der Waals surface area contributed by atoms with Crippen molar-refractivity contribution < 1.29 is 31.9 Å². The lowest BCUT2D eigenvalue weighted by atomic mass is 9.89. The zero-order valence-corrected chi connectivity index (χ0v) is 22.0. The monoisotopic (exact) mass is 575 g/mol. The predicted octanol–water partition coefficient (Wildman–Crippen LogP) is 4.38. The molecule has 2 N–H and O–H groups in total. The average Bonchev–Trinajstić information content (AvgIpc) is 3.84. The summed E-state index contributed by atoms with van der Waals surface area (Å²) in [4.78, 5) is 26.3. The lowest BCUT2D eigenvalue weighted by molar-refractivity contribution is -0.141. The molecule has 2 aromatic heterocycles. The van der Waals surface area contributed by atoms with Crippen molar-refractivity contribution in [3.8, 4) is 0 Å². The van der Waals surface area contributed by atoms with Gasteiger partial charge in [0.25, 0.3) is 5.95 Å². The van der Waals surface area contributed by atoms with Crippen LogP contribution in [0, 0.1) is 23.7 Å². The second kappa shape index (κ2) is 10.5. The smallest absolute Gasteiger partial charge is 0.408 e. The number of aromatic nitrogens is 5. The Morgan fingerprint density at radius 3 is 2.39 bits per heavy atom. The summed E-state index contributed by atoms with van der Waals surface area (Å²) in [5.74, 6) is -1.16. The molecule has 0 unspecified atom stereocenters. The molecule has 0 spiro atoms. The molecular weight excluding hydrogens is 546 g/mol. The van der Waals surface area contributed by atoms with Gasteiger partial charge in [-0.15, -0.1) is 15.3 Å². The van der Waals surface area contributed by atoms with Crippen molar-refractivity contribution in [3.05, 3.63) is 60.2 Å². The van der Waals surface area contributed by atoms with Crippen LogP contribution in [0.2, 0.25) is 0 Å². The molecule has 218 valence electrons. The van der Waals surface area contributed by atoms with Crippen molar-refractivity contribution in [3.63, 3.8) is 0 Å². The van der Waals surface area contributed by atoms with Gasteiger partial charge in [-0.3, -0.25) is 9.48 Å². The maximum atomic E-state index is 15.0. The maximum absolute atomic E-state index is 15.0. The van der Waals surface area contributed by atoms with Crippen LogP contribution in [0.3, 0.4) is 0 Å². The lowest BCUT2D eigenvalue weighted by Gasteiger charge is -2.27. The van der Waals surface area contributed by atoms with E-state index in [-0.39, 0.29) is 35.9 Å². The van der Waals surface area contributed by atoms with Crippen molar-refractivity contribution in [2.45, 2.75) is 69.4 Å². The third-order valence-electron chi connectivity index (χ3n) is 7.96. The number of ether oxygens (including phenoxy) is 1. The zero-order valence-electron chi connectivity index (χ0n) is 22.0. The molecule has 0 aliphatic heterocycles. The Balaban J connectivity index is 1.19. The highest BCUT2D eigenvalue weighted by atomic mass is 19.4. The first-order chi connectivity index (χ1) is 19.6. The summed E-state index contributed by atoms with van der Waals surface area (Å²) in [6, 6.07) is 8.17. The molecule has 3 aliphatic rings. The molecule has 2 heterocycles. The Kier molecular flexibility index (Phi) is 6.94. The molecular formula is C27H29F4N7O3. The summed E-state index contributed by atoms with van der Waals surface area (Å²) < 4.78 is 61.7. The van der Waals surface area contributed by atoms with E-state index < -0.39 is 42.2 Å². The summed E-state index contributed by atoms with van der Waals surface area (Å²) in [5, 5.41) is 16.6. The van der Waals surface area contributed by atoms with Crippen LogP contribution in [0.5, 0.6) is 0 Å². The molecule has 3 aliphatic carbocycles. The second-order valence-corrected chi connectivity index (χ2v) is 11.1. The fraction of sp³-hybridized carbons (Fsp3) is 0.519. The molecule has 0 bridgehead atoms. The number of hydrogen-bond donors (Lipinski definition) is 2. The van der Waals surface area contributed by atoms with E-state index in [0.717, 1.165) is 42.1 Å². The number of alkyl halides is 3. The fourth-order valence-corrected chi connectivity index (χ4v) is 5.58. The van der Waals surface area contributed by atoms with Gasteiger partial charge in [0.2, 0.25) is 5.91 Å². The molecule has 6 rings (SSSR count). The number of benzene rings is 1. The summed E-state index contributed by atoms with van der Waals surface area (Å²) >= 11 is 0. The number of rotatable bonds is 11. The Morgan fingerprint density at radius 1 is 1.10 bits per heavy atom. The summed E-state index contributed by atoms with van der Waals surface area (Å²) in [5.41, 5.74) is -0.549. The Labute approximate surface area is 232 Å². The van der Waals surface area contributed by atoms with Gasteiger partial charge in [0, 0.05) is 0 Å². The Hall–Kier alpha value is -3.97. The molecule has 3 saturated carbocycles. The predicted molar refractivity (Wildman–Crippen MR) is 136 cm³/mol. The van der Waals surface area contributed by atoms with Gasteiger partial charge < -0.3 is 19.9 Å². The third kappa shape index (κ3) is 6.05. The number of anilines is 1. The van der Waals surface area contributed by atoms with Crippen molar-refractivity contribution in [1.29, 1.82) is 0 Å². The molecule has 3 fully saturated rings. The second-order valence-electron chi connectivity index (χ2n) is 11.1. The van der Waals surface area contributed by atoms with E-state index in [0.29, 0.717) is 12.8 Å². The molecule has 14 heteroatoms. The van der Waals surface area contributed by atoms with Crippen molar-refractivity contribution in [2.75, 3.05) is 5.32 Å². The van der Waals surface area contributed by atoms with Crippen LogP contribution in [0.4, 0.5) is 28.0 Å². The van der Waals surface area contributed by atoms with Crippen LogP contribution in [-0.2, 0) is 28.2 Å². The highest BCUT2D eigenvalue weighted by Crippen LogP contribution is 2.51. The number of alkyl carbamates (subject to hydrolysis) is 1. The highest BCUT2D eigenvalue weighted by Gasteiger charge is 2.53. The normalized spacial score (nSPS) is 18.7. The van der Waals surface area contributed by atoms with Gasteiger partial charge in [-0.25, -0.2) is 4.79 Å². The number of nitrogens with one attached hydrogen (secondary N) is 2. The van der Waals surface area contributed by atoms with Crippen molar-refractivity contribution >= 4 is 17.7 Å². The Morgan fingerprint density at radius 2 is 1.78 bits per heavy atom. The number of halogens is 4. The first-order valence-electron chi connectivity index (χ1n) is 13.6. The van der Waals surface area contributed by atoms with Crippen LogP contribution in [0.15, 0.2) is 42.9 Å². The zero-order chi connectivity index (χ0) is 28.8. The minimum absolute atomic E-state index is 0.0124. The van der Waals surface area contributed by atoms with Gasteiger partial charge in [0.1, 0.15) is 36.7 Å². The van der Waals surface area contributed by atoms with Gasteiger partial charge in [-0.05, 0) is 61.8 Å². The van der Waals surface area contributed by atoms with Crippen LogP contribution >= 0.6 is 0 Å². The highest BCUT2D eigenvalue weighted by molar-refractivity contribution is 5.96. The van der Waals surface area contributed by atoms with E-state index in [9.17, 15) is 22.8 Å². The molecule has 0 radical (unpaired) electrons. The van der Waals surface area contributed by atoms with Gasteiger partial charge >= 0.3 is 12.3 Å². The first-order valence-corrected chi connectivity index (χ1v) is 13.6. The van der Waals surface area contributed by atoms with Crippen LogP contribution in [0.25, 0.3) is 0 Å². The average molecular weight is 576 g/mol. The van der Waals surface area contributed by atoms with Gasteiger partial charge in [0.15, 0.2) is 5.82 Å². The molecule has 2 amide bonds. The standard InChI is InChI=1S/C27H29F4N7O3/c28-22-19(12-38(36-22)26(10-11-26)24-35-32-15-37(24)14-27(29,30)31)33-23(39)21(20(17-6-7-17)18-8-9-18)34-25(40)41-13-16-4-2-1-3-5-16/h1-5,12,15,17-18,20-21H,6-11,13-14H2,(H,33,39)(H,34,40)/t21-/m0/s1. The molecule has 0 saturated heterocycles. The van der Waals surface area contributed by atoms with E-state index >= 15 is 4.39 Å². The largest absolute Gasteiger partial charge is 0.445 e. The quantitative estimate of drug-likeness (QED) is 0.328. The lowest BCUT2D eigenvalue weighted by Crippen LogP contribution is -2.50. The maximum Gasteiger partial charge on any atom is 0.408 e. The van der Waals surface area contributed by atoms with Crippen molar-refractivity contribution in [2.24, 2.45) is 17.8 Å². The number of amides is 2. The van der Waals surface area contributed by atoms with Gasteiger partial charge in [-0.1, -0.05) is 30.3 Å². The number of nitrogens with zero attached hydrogens (tertiary/aromatic N) is 5. The van der Waals surface area contributed by atoms with Crippen LogP contribution < -0.4 is 10.6 Å². The van der Waals surface area contributed by atoms with E-state index in [4.69, 9.17) is 4.74 Å². The molecule has 1 atom stereocenters. The SMILES string of the molecule is O=C(N[C@H](C(=O)Nc1cn(C2(c3nncn3CC(F)(F)F)CC2)nc1F)C(C1CC1)C1CC1)OCc1ccccc1. The van der Waals surface area contributed by atoms with Crippen molar-refractivity contribution in [1.82, 2.24) is 29.9 Å². The minimum Gasteiger partial charge on any atom is -0.445 e. The van der Waals surface area contributed by atoms with E-state index in [1.54, 1.807) is 0 Å². The summed E-state index contributed by atoms with van der Waals surface area (Å²) in [7, 11) is 0. The third-order valence-corrected chi connectivity index (χ3v) is 7.96. The Bertz CT molecular complexity index is 1400. The number of hydrogen-bond acceptors (Lipinski definition) is 6.